The number of hydrogen-bond acceptors (Lipinski definition) is 4. The van der Waals surface area contributed by atoms with Gasteiger partial charge in [0.15, 0.2) is 0 Å². The van der Waals surface area contributed by atoms with Crippen molar-refractivity contribution in [3.63, 3.8) is 0 Å². The van der Waals surface area contributed by atoms with Crippen molar-refractivity contribution in [1.29, 1.82) is 0 Å². The molecule has 1 aromatic rings. The minimum absolute atomic E-state index is 0.517. The van der Waals surface area contributed by atoms with E-state index in [0.717, 1.165) is 17.9 Å². The molecule has 0 radical (unpaired) electrons. The number of nitrogens with zero attached hydrogens (tertiary/aromatic N) is 1. The Morgan fingerprint density at radius 3 is 2.65 bits per heavy atom. The first-order valence-electron chi connectivity index (χ1n) is 6.79. The number of hydrogen-bond donors (Lipinski definition) is 1. The quantitative estimate of drug-likeness (QED) is 0.472. The first kappa shape index (κ1) is 18.7. The molecule has 0 saturated carbocycles. The van der Waals surface area contributed by atoms with Crippen LogP contribution in [0.3, 0.4) is 0 Å². The molecule has 1 rings (SSSR count). The van der Waals surface area contributed by atoms with Gasteiger partial charge < -0.3 is 15.3 Å². The smallest absolute Gasteiger partial charge is 0.129 e. The van der Waals surface area contributed by atoms with Gasteiger partial charge in [-0.3, -0.25) is 0 Å². The molecule has 0 amide bonds. The molecule has 0 spiro atoms. The van der Waals surface area contributed by atoms with Crippen LogP contribution < -0.4 is 10.5 Å². The monoisotopic (exact) mass is 300 g/mol. The summed E-state index contributed by atoms with van der Waals surface area (Å²) in [6, 6.07) is 7.28. The lowest BCUT2D eigenvalue weighted by molar-refractivity contribution is 0.151. The van der Waals surface area contributed by atoms with Crippen molar-refractivity contribution in [2.24, 2.45) is 10.9 Å². The van der Waals surface area contributed by atoms with Crippen molar-refractivity contribution >= 4 is 17.3 Å². The molecule has 0 heterocycles. The van der Waals surface area contributed by atoms with E-state index in [-0.39, 0.29) is 0 Å². The van der Waals surface area contributed by atoms with Gasteiger partial charge in [-0.05, 0) is 38.0 Å². The van der Waals surface area contributed by atoms with E-state index < -0.39 is 0 Å². The second-order valence-electron chi connectivity index (χ2n) is 4.21. The minimum atomic E-state index is 0.517. The van der Waals surface area contributed by atoms with Crippen LogP contribution in [0.5, 0.6) is 5.75 Å². The molecule has 114 valence electrons. The van der Waals surface area contributed by atoms with E-state index in [1.165, 1.54) is 12.8 Å². The minimum Gasteiger partial charge on any atom is -0.497 e. The molecule has 0 fully saturated rings. The lowest BCUT2D eigenvalue weighted by atomic mass is 10.2. The highest BCUT2D eigenvalue weighted by atomic mass is 35.5. The number of rotatable bonds is 7. The standard InChI is InChI=1S/C8H18N2O.C7H7ClO/c1-3-4-5-8(2)10-11-7-6-9;1-9-7-4-2-3-6(8)5-7/h3-7,9H2,1-2H3;2-5H,1H3. The Hall–Kier alpha value is -1.26. The van der Waals surface area contributed by atoms with Crippen LogP contribution in [0.4, 0.5) is 0 Å². The van der Waals surface area contributed by atoms with Gasteiger partial charge in [0.05, 0.1) is 12.8 Å². The topological polar surface area (TPSA) is 56.8 Å². The highest BCUT2D eigenvalue weighted by Gasteiger charge is 1.90. The number of oxime groups is 1. The van der Waals surface area contributed by atoms with Crippen molar-refractivity contribution in [3.8, 4) is 5.75 Å². The van der Waals surface area contributed by atoms with Gasteiger partial charge in [0, 0.05) is 11.6 Å². The zero-order valence-corrected chi connectivity index (χ0v) is 13.3. The number of benzene rings is 1. The normalized spacial score (nSPS) is 10.6. The van der Waals surface area contributed by atoms with Gasteiger partial charge >= 0.3 is 0 Å². The highest BCUT2D eigenvalue weighted by Crippen LogP contribution is 2.15. The predicted molar refractivity (Wildman–Crippen MR) is 85.6 cm³/mol. The number of methoxy groups -OCH3 is 1. The number of unbranched alkanes of at least 4 members (excludes halogenated alkanes) is 1. The third-order valence-electron chi connectivity index (χ3n) is 2.35. The summed E-state index contributed by atoms with van der Waals surface area (Å²) in [6.45, 7) is 5.19. The second-order valence-corrected chi connectivity index (χ2v) is 4.65. The molecule has 5 heteroatoms. The molecule has 4 nitrogen and oxygen atoms in total. The largest absolute Gasteiger partial charge is 0.497 e. The maximum Gasteiger partial charge on any atom is 0.129 e. The summed E-state index contributed by atoms with van der Waals surface area (Å²) in [6.07, 6.45) is 3.41. The summed E-state index contributed by atoms with van der Waals surface area (Å²) in [5.74, 6) is 0.794. The molecule has 2 N–H and O–H groups in total. The van der Waals surface area contributed by atoms with E-state index >= 15 is 0 Å². The van der Waals surface area contributed by atoms with Crippen molar-refractivity contribution < 1.29 is 9.57 Å². The zero-order chi connectivity index (χ0) is 15.2. The average Bonchev–Trinajstić information content (AvgIpc) is 2.46. The second kappa shape index (κ2) is 12.8. The fourth-order valence-corrected chi connectivity index (χ4v) is 1.46. The van der Waals surface area contributed by atoms with Crippen LogP contribution >= 0.6 is 11.6 Å². The van der Waals surface area contributed by atoms with E-state index in [4.69, 9.17) is 26.9 Å². The molecule has 0 aliphatic rings. The number of nitrogens with two attached hydrogens (primary N) is 1. The molecule has 0 aliphatic heterocycles. The first-order valence-corrected chi connectivity index (χ1v) is 7.16. The van der Waals surface area contributed by atoms with Crippen LogP contribution in [-0.4, -0.2) is 26.0 Å². The van der Waals surface area contributed by atoms with Gasteiger partial charge in [0.25, 0.3) is 0 Å². The molecule has 1 aromatic carbocycles. The maximum absolute atomic E-state index is 5.64. The van der Waals surface area contributed by atoms with E-state index in [2.05, 4.69) is 12.1 Å². The van der Waals surface area contributed by atoms with E-state index in [0.29, 0.717) is 18.2 Å². The van der Waals surface area contributed by atoms with Gasteiger partial charge in [-0.1, -0.05) is 36.2 Å². The van der Waals surface area contributed by atoms with Gasteiger partial charge in [-0.2, -0.15) is 0 Å². The molecule has 0 bridgehead atoms. The fourth-order valence-electron chi connectivity index (χ4n) is 1.28. The van der Waals surface area contributed by atoms with Crippen LogP contribution in [0.15, 0.2) is 29.4 Å². The molecular weight excluding hydrogens is 276 g/mol. The Kier molecular flexibility index (Phi) is 12.0. The third kappa shape index (κ3) is 10.6. The van der Waals surface area contributed by atoms with E-state index in [9.17, 15) is 0 Å². The molecule has 0 aliphatic carbocycles. The maximum atomic E-state index is 5.64. The summed E-state index contributed by atoms with van der Waals surface area (Å²) >= 11 is 5.64. The van der Waals surface area contributed by atoms with Crippen LogP contribution in [-0.2, 0) is 4.84 Å². The van der Waals surface area contributed by atoms with Gasteiger partial charge in [-0.15, -0.1) is 0 Å². The number of halogens is 1. The van der Waals surface area contributed by atoms with Gasteiger partial charge in [0.1, 0.15) is 12.4 Å². The fraction of sp³-hybridized carbons (Fsp3) is 0.533. The van der Waals surface area contributed by atoms with Crippen LogP contribution in [0.1, 0.15) is 33.1 Å². The van der Waals surface area contributed by atoms with Crippen molar-refractivity contribution in [1.82, 2.24) is 0 Å². The SMILES string of the molecule is CCCCC(C)=NOCCN.COc1cccc(Cl)c1. The van der Waals surface area contributed by atoms with Crippen LogP contribution in [0.2, 0.25) is 5.02 Å². The summed E-state index contributed by atoms with van der Waals surface area (Å²) in [4.78, 5) is 4.90. The lowest BCUT2D eigenvalue weighted by Gasteiger charge is -1.98. The Morgan fingerprint density at radius 2 is 2.15 bits per heavy atom. The summed E-state index contributed by atoms with van der Waals surface area (Å²) in [7, 11) is 1.62. The predicted octanol–water partition coefficient (Wildman–Crippen LogP) is 3.88. The van der Waals surface area contributed by atoms with Gasteiger partial charge in [0.2, 0.25) is 0 Å². The van der Waals surface area contributed by atoms with Crippen LogP contribution in [0, 0.1) is 0 Å². The van der Waals surface area contributed by atoms with Crippen molar-refractivity contribution in [2.45, 2.75) is 33.1 Å². The van der Waals surface area contributed by atoms with Crippen LogP contribution in [0.25, 0.3) is 0 Å². The van der Waals surface area contributed by atoms with E-state index in [1.807, 2.05) is 25.1 Å². The van der Waals surface area contributed by atoms with Crippen molar-refractivity contribution in [3.05, 3.63) is 29.3 Å². The lowest BCUT2D eigenvalue weighted by Crippen LogP contribution is -2.06. The van der Waals surface area contributed by atoms with E-state index in [1.54, 1.807) is 13.2 Å². The molecule has 0 atom stereocenters. The summed E-state index contributed by atoms with van der Waals surface area (Å²) in [5.41, 5.74) is 6.28. The highest BCUT2D eigenvalue weighted by molar-refractivity contribution is 6.30. The molecule has 0 saturated heterocycles. The average molecular weight is 301 g/mol. The first-order chi connectivity index (χ1) is 9.63. The Morgan fingerprint density at radius 1 is 1.40 bits per heavy atom. The molecular formula is C15H25ClN2O2. The molecule has 0 unspecified atom stereocenters. The zero-order valence-electron chi connectivity index (χ0n) is 12.6. The Balaban J connectivity index is 0.000000367. The number of ether oxygens (including phenoxy) is 1. The summed E-state index contributed by atoms with van der Waals surface area (Å²) < 4.78 is 4.91. The molecule has 0 aromatic heterocycles. The Bertz CT molecular complexity index is 384. The van der Waals surface area contributed by atoms with Gasteiger partial charge in [-0.25, -0.2) is 0 Å². The third-order valence-corrected chi connectivity index (χ3v) is 2.59. The van der Waals surface area contributed by atoms with Crippen molar-refractivity contribution in [2.75, 3.05) is 20.3 Å². The Labute approximate surface area is 126 Å². The molecule has 20 heavy (non-hydrogen) atoms. The summed E-state index contributed by atoms with van der Waals surface area (Å²) in [5, 5.41) is 4.59.